The Morgan fingerprint density at radius 3 is 2.50 bits per heavy atom. The molecule has 0 aliphatic rings. The summed E-state index contributed by atoms with van der Waals surface area (Å²) in [6, 6.07) is 11.9. The van der Waals surface area contributed by atoms with Crippen LogP contribution in [0.25, 0.3) is 0 Å². The van der Waals surface area contributed by atoms with Crippen molar-refractivity contribution in [3.63, 3.8) is 0 Å². The van der Waals surface area contributed by atoms with Gasteiger partial charge in [0.15, 0.2) is 11.6 Å². The smallest absolute Gasteiger partial charge is 0.275 e. The Morgan fingerprint density at radius 1 is 1.23 bits per heavy atom. The van der Waals surface area contributed by atoms with Gasteiger partial charge >= 0.3 is 0 Å². The normalized spacial score (nSPS) is 12.7. The number of halogens is 1. The van der Waals surface area contributed by atoms with Crippen LogP contribution in [-0.2, 0) is 11.3 Å². The topological polar surface area (TPSA) is 81.8 Å². The van der Waals surface area contributed by atoms with Crippen LogP contribution in [0.3, 0.4) is 0 Å². The van der Waals surface area contributed by atoms with Crippen LogP contribution in [0, 0.1) is 22.9 Å². The van der Waals surface area contributed by atoms with Crippen LogP contribution in [-0.4, -0.2) is 28.3 Å². The highest BCUT2D eigenvalue weighted by atomic mass is 19.1. The minimum atomic E-state index is -1.03. The summed E-state index contributed by atoms with van der Waals surface area (Å²) in [7, 11) is 0. The highest BCUT2D eigenvalue weighted by molar-refractivity contribution is 5.45. The molecule has 0 saturated heterocycles. The molecular weight excluding hydrogens is 341 g/mol. The number of ether oxygens (including phenoxy) is 2. The molecule has 0 aromatic heterocycles. The van der Waals surface area contributed by atoms with Gasteiger partial charge in [-0.3, -0.25) is 10.1 Å². The van der Waals surface area contributed by atoms with Crippen LogP contribution in [0.1, 0.15) is 25.0 Å². The van der Waals surface area contributed by atoms with Gasteiger partial charge in [-0.1, -0.05) is 30.3 Å². The fourth-order valence-corrected chi connectivity index (χ4v) is 2.27. The molecule has 0 saturated carbocycles. The Kier molecular flexibility index (Phi) is 6.28. The predicted octanol–water partition coefficient (Wildman–Crippen LogP) is 3.78. The lowest BCUT2D eigenvalue weighted by Crippen LogP contribution is -2.42. The van der Waals surface area contributed by atoms with Gasteiger partial charge in [-0.25, -0.2) is 4.39 Å². The van der Waals surface area contributed by atoms with E-state index in [-0.39, 0.29) is 23.6 Å². The van der Waals surface area contributed by atoms with Gasteiger partial charge in [0.25, 0.3) is 5.69 Å². The minimum Gasteiger partial charge on any atom is -0.488 e. The summed E-state index contributed by atoms with van der Waals surface area (Å²) in [6.07, 6.45) is -1.03. The molecule has 1 unspecified atom stereocenters. The van der Waals surface area contributed by atoms with Crippen molar-refractivity contribution >= 4 is 5.69 Å². The molecule has 2 rings (SSSR count). The van der Waals surface area contributed by atoms with Crippen molar-refractivity contribution in [2.24, 2.45) is 0 Å². The Balaban J connectivity index is 1.97. The van der Waals surface area contributed by atoms with Crippen LogP contribution >= 0.6 is 0 Å². The monoisotopic (exact) mass is 363 g/mol. The van der Waals surface area contributed by atoms with Crippen molar-refractivity contribution < 1.29 is 23.9 Å². The molecule has 1 N–H and O–H groups in total. The molecule has 7 heteroatoms. The lowest BCUT2D eigenvalue weighted by Gasteiger charge is -2.30. The Hall–Kier alpha value is -2.51. The molecule has 1 atom stereocenters. The number of hydrogen-bond acceptors (Lipinski definition) is 5. The van der Waals surface area contributed by atoms with E-state index in [4.69, 9.17) is 9.47 Å². The van der Waals surface area contributed by atoms with Crippen molar-refractivity contribution in [2.75, 3.05) is 6.61 Å². The van der Waals surface area contributed by atoms with E-state index in [2.05, 4.69) is 0 Å². The summed E-state index contributed by atoms with van der Waals surface area (Å²) >= 11 is 0. The van der Waals surface area contributed by atoms with Crippen LogP contribution < -0.4 is 4.74 Å². The lowest BCUT2D eigenvalue weighted by atomic mass is 10.0. The Labute approximate surface area is 151 Å². The standard InChI is InChI=1S/C19H22FNO5/c1-13-15(21(23)24)9-10-16(18(13)20)25-12-17(22)19(2,3)26-11-14-7-5-4-6-8-14/h4-10,17,22H,11-12H2,1-3H3. The molecule has 140 valence electrons. The third kappa shape index (κ3) is 4.77. The zero-order valence-electron chi connectivity index (χ0n) is 14.9. The maximum atomic E-state index is 14.2. The molecule has 6 nitrogen and oxygen atoms in total. The molecule has 0 aliphatic carbocycles. The molecule has 0 spiro atoms. The molecule has 0 radical (unpaired) electrons. The molecule has 0 heterocycles. The van der Waals surface area contributed by atoms with E-state index >= 15 is 0 Å². The summed E-state index contributed by atoms with van der Waals surface area (Å²) < 4.78 is 25.3. The Bertz CT molecular complexity index is 764. The minimum absolute atomic E-state index is 0.110. The number of hydrogen-bond donors (Lipinski definition) is 1. The number of aliphatic hydroxyl groups is 1. The van der Waals surface area contributed by atoms with Gasteiger partial charge in [-0.2, -0.15) is 0 Å². The molecule has 0 bridgehead atoms. The van der Waals surface area contributed by atoms with Gasteiger partial charge < -0.3 is 14.6 Å². The molecule has 2 aromatic carbocycles. The maximum Gasteiger partial charge on any atom is 0.275 e. The Morgan fingerprint density at radius 2 is 1.88 bits per heavy atom. The van der Waals surface area contributed by atoms with Gasteiger partial charge in [0.05, 0.1) is 22.7 Å². The number of rotatable bonds is 8. The molecular formula is C19H22FNO5. The summed E-state index contributed by atoms with van der Waals surface area (Å²) in [5.74, 6) is -0.958. The van der Waals surface area contributed by atoms with Gasteiger partial charge in [0.2, 0.25) is 0 Å². The van der Waals surface area contributed by atoms with Crippen molar-refractivity contribution in [3.8, 4) is 5.75 Å². The van der Waals surface area contributed by atoms with E-state index in [1.807, 2.05) is 30.3 Å². The van der Waals surface area contributed by atoms with Gasteiger partial charge in [0, 0.05) is 6.07 Å². The van der Waals surface area contributed by atoms with E-state index < -0.39 is 22.4 Å². The molecule has 26 heavy (non-hydrogen) atoms. The van der Waals surface area contributed by atoms with Gasteiger partial charge in [-0.05, 0) is 32.4 Å². The van der Waals surface area contributed by atoms with Crippen LogP contribution in [0.2, 0.25) is 0 Å². The van der Waals surface area contributed by atoms with E-state index in [0.717, 1.165) is 5.56 Å². The summed E-state index contributed by atoms with van der Waals surface area (Å²) in [6.45, 7) is 4.83. The predicted molar refractivity (Wildman–Crippen MR) is 94.6 cm³/mol. The molecule has 0 fully saturated rings. The SMILES string of the molecule is Cc1c([N+](=O)[O-])ccc(OCC(O)C(C)(C)OCc2ccccc2)c1F. The zero-order chi connectivity index (χ0) is 19.3. The van der Waals surface area contributed by atoms with Crippen molar-refractivity contribution in [2.45, 2.75) is 39.1 Å². The zero-order valence-corrected chi connectivity index (χ0v) is 14.9. The van der Waals surface area contributed by atoms with E-state index in [0.29, 0.717) is 6.61 Å². The summed E-state index contributed by atoms with van der Waals surface area (Å²) in [5, 5.41) is 21.2. The summed E-state index contributed by atoms with van der Waals surface area (Å²) in [4.78, 5) is 10.2. The van der Waals surface area contributed by atoms with Crippen molar-refractivity contribution in [1.82, 2.24) is 0 Å². The van der Waals surface area contributed by atoms with E-state index in [9.17, 15) is 19.6 Å². The molecule has 0 amide bonds. The van der Waals surface area contributed by atoms with Crippen LogP contribution in [0.15, 0.2) is 42.5 Å². The van der Waals surface area contributed by atoms with E-state index in [1.54, 1.807) is 13.8 Å². The molecule has 2 aromatic rings. The van der Waals surface area contributed by atoms with Crippen LogP contribution in [0.5, 0.6) is 5.75 Å². The quantitative estimate of drug-likeness (QED) is 0.570. The number of nitrogens with zero attached hydrogens (tertiary/aromatic N) is 1. The highest BCUT2D eigenvalue weighted by Gasteiger charge is 2.30. The largest absolute Gasteiger partial charge is 0.488 e. The number of aliphatic hydroxyl groups excluding tert-OH is 1. The molecule has 0 aliphatic heterocycles. The van der Waals surface area contributed by atoms with Gasteiger partial charge in [-0.15, -0.1) is 0 Å². The van der Waals surface area contributed by atoms with E-state index in [1.165, 1.54) is 19.1 Å². The third-order valence-electron chi connectivity index (χ3n) is 4.17. The number of benzene rings is 2. The summed E-state index contributed by atoms with van der Waals surface area (Å²) in [5.41, 5.74) is -0.392. The third-order valence-corrected chi connectivity index (χ3v) is 4.17. The first-order valence-corrected chi connectivity index (χ1v) is 8.14. The average molecular weight is 363 g/mol. The second kappa shape index (κ2) is 8.25. The highest BCUT2D eigenvalue weighted by Crippen LogP contribution is 2.28. The van der Waals surface area contributed by atoms with Gasteiger partial charge in [0.1, 0.15) is 12.7 Å². The fourth-order valence-electron chi connectivity index (χ4n) is 2.27. The first-order valence-electron chi connectivity index (χ1n) is 8.14. The maximum absolute atomic E-state index is 14.2. The van der Waals surface area contributed by atoms with Crippen molar-refractivity contribution in [1.29, 1.82) is 0 Å². The fraction of sp³-hybridized carbons (Fsp3) is 0.368. The number of nitro groups is 1. The van der Waals surface area contributed by atoms with Crippen molar-refractivity contribution in [3.05, 3.63) is 69.5 Å². The average Bonchev–Trinajstić information content (AvgIpc) is 2.61. The first kappa shape index (κ1) is 19.8. The second-order valence-corrected chi connectivity index (χ2v) is 6.48. The second-order valence-electron chi connectivity index (χ2n) is 6.48. The lowest BCUT2D eigenvalue weighted by molar-refractivity contribution is -0.385. The number of nitro benzene ring substituents is 1. The first-order chi connectivity index (χ1) is 12.2. The van der Waals surface area contributed by atoms with Crippen LogP contribution in [0.4, 0.5) is 10.1 Å².